The van der Waals surface area contributed by atoms with Gasteiger partial charge in [-0.2, -0.15) is 0 Å². The van der Waals surface area contributed by atoms with Gasteiger partial charge >= 0.3 is 11.9 Å². The van der Waals surface area contributed by atoms with Crippen molar-refractivity contribution in [3.8, 4) is 0 Å². The van der Waals surface area contributed by atoms with Crippen molar-refractivity contribution >= 4 is 29.3 Å². The van der Waals surface area contributed by atoms with Crippen molar-refractivity contribution in [2.24, 2.45) is 47.3 Å². The predicted octanol–water partition coefficient (Wildman–Crippen LogP) is 11.1. The van der Waals surface area contributed by atoms with Crippen LogP contribution in [0.25, 0.3) is 0 Å². The number of ether oxygens (including phenoxy) is 2. The molecule has 0 unspecified atom stereocenters. The van der Waals surface area contributed by atoms with E-state index in [1.165, 1.54) is 0 Å². The van der Waals surface area contributed by atoms with Crippen LogP contribution in [0.3, 0.4) is 0 Å². The molecule has 0 aromatic rings. The number of Topliss-reactive ketones (excluding diaryl/α,β-unsaturated/α-hetero) is 3. The molecule has 288 valence electrons. The molecular formula is C41H82O7. The van der Waals surface area contributed by atoms with Crippen LogP contribution in [-0.4, -0.2) is 41.5 Å². The first kappa shape index (κ1) is 55.4. The minimum Gasteiger partial charge on any atom is -0.463 e. The number of hydrogen-bond acceptors (Lipinski definition) is 7. The van der Waals surface area contributed by atoms with Gasteiger partial charge in [-0.1, -0.05) is 111 Å². The summed E-state index contributed by atoms with van der Waals surface area (Å²) in [5.74, 6) is 4.27. The Morgan fingerprint density at radius 1 is 0.333 bits per heavy atom. The van der Waals surface area contributed by atoms with Crippen LogP contribution in [0.1, 0.15) is 177 Å². The normalized spacial score (nSPS) is 10.8. The summed E-state index contributed by atoms with van der Waals surface area (Å²) in [7, 11) is 0. The van der Waals surface area contributed by atoms with Gasteiger partial charge in [-0.05, 0) is 63.2 Å². The number of hydrogen-bond donors (Lipinski definition) is 0. The zero-order valence-corrected chi connectivity index (χ0v) is 35.4. The average molecular weight is 687 g/mol. The fraction of sp³-hybridized carbons (Fsp3) is 0.878. The van der Waals surface area contributed by atoms with Crippen molar-refractivity contribution in [3.63, 3.8) is 0 Å². The zero-order valence-electron chi connectivity index (χ0n) is 35.4. The van der Waals surface area contributed by atoms with Crippen LogP contribution in [0.15, 0.2) is 0 Å². The Labute approximate surface area is 298 Å². The molecule has 7 heteroatoms. The van der Waals surface area contributed by atoms with E-state index in [9.17, 15) is 24.0 Å². The maximum absolute atomic E-state index is 11.1. The first-order valence-electron chi connectivity index (χ1n) is 18.6. The average Bonchev–Trinajstić information content (AvgIpc) is 2.81. The lowest BCUT2D eigenvalue weighted by Gasteiger charge is -2.08. The highest BCUT2D eigenvalue weighted by Gasteiger charge is 2.10. The molecule has 48 heavy (non-hydrogen) atoms. The summed E-state index contributed by atoms with van der Waals surface area (Å²) in [5, 5.41) is 0. The van der Waals surface area contributed by atoms with E-state index >= 15 is 0 Å². The zero-order chi connectivity index (χ0) is 39.3. The molecule has 0 spiro atoms. The van der Waals surface area contributed by atoms with Crippen molar-refractivity contribution in [1.29, 1.82) is 0 Å². The number of rotatable bonds is 16. The molecule has 0 atom stereocenters. The second-order valence-electron chi connectivity index (χ2n) is 16.4. The lowest BCUT2D eigenvalue weighted by Crippen LogP contribution is -2.12. The Morgan fingerprint density at radius 2 is 0.542 bits per heavy atom. The molecule has 0 aromatic carbocycles. The van der Waals surface area contributed by atoms with Crippen LogP contribution in [0, 0.1) is 47.3 Å². The van der Waals surface area contributed by atoms with Crippen molar-refractivity contribution in [2.75, 3.05) is 0 Å². The minimum absolute atomic E-state index is 0.0197. The standard InChI is InChI=1S/C9H18O.2C8H16O2.2C8H16O/c1-7(2)5-9(10)6-8(3)4;2*1-6(2)5-8(9)10-7(3)4;2*1-6(2)5-8(9)7(3)4/h7-8H,5-6H2,1-4H3;2*6-7H,5H2,1-4H3;2*6-7H,5H2,1-4H3. The van der Waals surface area contributed by atoms with Crippen LogP contribution >= 0.6 is 0 Å². The molecular weight excluding hydrogens is 604 g/mol. The number of ketones is 3. The van der Waals surface area contributed by atoms with Gasteiger partial charge in [0.1, 0.15) is 17.3 Å². The van der Waals surface area contributed by atoms with Gasteiger partial charge in [0.05, 0.1) is 12.2 Å². The largest absolute Gasteiger partial charge is 0.463 e. The van der Waals surface area contributed by atoms with Gasteiger partial charge in [0.25, 0.3) is 0 Å². The fourth-order valence-corrected chi connectivity index (χ4v) is 3.56. The van der Waals surface area contributed by atoms with Gasteiger partial charge in [-0.25, -0.2) is 0 Å². The van der Waals surface area contributed by atoms with Crippen LogP contribution < -0.4 is 0 Å². The summed E-state index contributed by atoms with van der Waals surface area (Å²) in [6, 6.07) is 0. The quantitative estimate of drug-likeness (QED) is 0.149. The predicted molar refractivity (Wildman–Crippen MR) is 204 cm³/mol. The molecule has 0 rings (SSSR count). The molecule has 7 nitrogen and oxygen atoms in total. The summed E-state index contributed by atoms with van der Waals surface area (Å²) in [6.07, 6.45) is 4.06. The SMILES string of the molecule is CC(C)CC(=O)C(C)C.CC(C)CC(=O)C(C)C.CC(C)CC(=O)CC(C)C.CC(C)CC(=O)OC(C)C.CC(C)CC(=O)OC(C)C. The number of carbonyl (C=O) groups excluding carboxylic acids is 5. The van der Waals surface area contributed by atoms with E-state index in [4.69, 9.17) is 9.47 Å². The molecule has 0 heterocycles. The Morgan fingerprint density at radius 3 is 0.667 bits per heavy atom. The van der Waals surface area contributed by atoms with E-state index in [1.807, 2.05) is 83.1 Å². The van der Waals surface area contributed by atoms with Crippen molar-refractivity contribution in [3.05, 3.63) is 0 Å². The van der Waals surface area contributed by atoms with Gasteiger partial charge in [0.2, 0.25) is 0 Å². The van der Waals surface area contributed by atoms with Crippen LogP contribution in [0.5, 0.6) is 0 Å². The van der Waals surface area contributed by atoms with Gasteiger partial charge in [0, 0.05) is 50.4 Å². The molecule has 0 bridgehead atoms. The van der Waals surface area contributed by atoms with Crippen molar-refractivity contribution in [2.45, 2.75) is 189 Å². The van der Waals surface area contributed by atoms with Crippen molar-refractivity contribution in [1.82, 2.24) is 0 Å². The van der Waals surface area contributed by atoms with Gasteiger partial charge in [0.15, 0.2) is 0 Å². The molecule has 0 aliphatic carbocycles. The Kier molecular flexibility index (Phi) is 38.6. The van der Waals surface area contributed by atoms with Gasteiger partial charge < -0.3 is 9.47 Å². The second kappa shape index (κ2) is 33.4. The topological polar surface area (TPSA) is 104 Å². The van der Waals surface area contributed by atoms with Crippen LogP contribution in [-0.2, 0) is 33.4 Å². The molecule has 0 aliphatic rings. The summed E-state index contributed by atoms with van der Waals surface area (Å²) in [4.78, 5) is 54.7. The Bertz CT molecular complexity index is 688. The molecule has 0 saturated heterocycles. The molecule has 0 saturated carbocycles. The number of carbonyl (C=O) groups is 5. The summed E-state index contributed by atoms with van der Waals surface area (Å²) < 4.78 is 9.84. The van der Waals surface area contributed by atoms with E-state index in [1.54, 1.807) is 0 Å². The highest BCUT2D eigenvalue weighted by atomic mass is 16.5. The van der Waals surface area contributed by atoms with E-state index in [0.29, 0.717) is 65.7 Å². The molecule has 0 amide bonds. The third kappa shape index (κ3) is 56.3. The first-order valence-corrected chi connectivity index (χ1v) is 18.6. The highest BCUT2D eigenvalue weighted by Crippen LogP contribution is 2.09. The maximum Gasteiger partial charge on any atom is 0.306 e. The third-order valence-corrected chi connectivity index (χ3v) is 5.66. The Hall–Kier alpha value is -2.05. The van der Waals surface area contributed by atoms with E-state index < -0.39 is 0 Å². The van der Waals surface area contributed by atoms with Gasteiger partial charge in [-0.15, -0.1) is 0 Å². The monoisotopic (exact) mass is 687 g/mol. The number of esters is 2. The molecule has 0 N–H and O–H groups in total. The Balaban J connectivity index is -0.000000161. The lowest BCUT2D eigenvalue weighted by molar-refractivity contribution is -0.149. The molecule has 0 aliphatic heterocycles. The molecule has 0 fully saturated rings. The van der Waals surface area contributed by atoms with E-state index in [2.05, 4.69) is 55.4 Å². The molecule has 0 radical (unpaired) electrons. The fourth-order valence-electron chi connectivity index (χ4n) is 3.56. The van der Waals surface area contributed by atoms with E-state index in [-0.39, 0.29) is 36.0 Å². The summed E-state index contributed by atoms with van der Waals surface area (Å²) in [5.41, 5.74) is 0. The van der Waals surface area contributed by atoms with E-state index in [0.717, 1.165) is 25.7 Å². The smallest absolute Gasteiger partial charge is 0.306 e. The summed E-state index contributed by atoms with van der Waals surface area (Å²) >= 11 is 0. The van der Waals surface area contributed by atoms with Crippen molar-refractivity contribution < 1.29 is 33.4 Å². The van der Waals surface area contributed by atoms with Crippen LogP contribution in [0.2, 0.25) is 0 Å². The summed E-state index contributed by atoms with van der Waals surface area (Å²) in [6.45, 7) is 39.8. The first-order chi connectivity index (χ1) is 21.6. The lowest BCUT2D eigenvalue weighted by atomic mass is 9.99. The van der Waals surface area contributed by atoms with Crippen LogP contribution in [0.4, 0.5) is 0 Å². The second-order valence-corrected chi connectivity index (χ2v) is 16.4. The molecule has 0 aromatic heterocycles. The van der Waals surface area contributed by atoms with Gasteiger partial charge in [-0.3, -0.25) is 24.0 Å². The third-order valence-electron chi connectivity index (χ3n) is 5.66. The maximum atomic E-state index is 11.1. The highest BCUT2D eigenvalue weighted by molar-refractivity contribution is 5.80. The minimum atomic E-state index is -0.0926.